The second kappa shape index (κ2) is 5.68. The highest BCUT2D eigenvalue weighted by molar-refractivity contribution is 5.60. The maximum Gasteiger partial charge on any atom is 0.0444 e. The van der Waals surface area contributed by atoms with Crippen LogP contribution in [0.5, 0.6) is 0 Å². The Labute approximate surface area is 121 Å². The highest BCUT2D eigenvalue weighted by Gasteiger charge is 2.17. The Bertz CT molecular complexity index is 604. The first-order valence-electron chi connectivity index (χ1n) is 7.40. The number of hydrogen-bond acceptors (Lipinski definition) is 2. The molecule has 2 aromatic rings. The molecule has 104 valence electrons. The van der Waals surface area contributed by atoms with Crippen LogP contribution in [-0.4, -0.2) is 6.54 Å². The molecule has 0 atom stereocenters. The maximum atomic E-state index is 5.93. The molecule has 0 spiro atoms. The van der Waals surface area contributed by atoms with Crippen LogP contribution in [-0.2, 0) is 19.5 Å². The van der Waals surface area contributed by atoms with Gasteiger partial charge in [-0.05, 0) is 42.0 Å². The fourth-order valence-electron chi connectivity index (χ4n) is 3.23. The normalized spacial score (nSPS) is 14.8. The molecule has 0 saturated carbocycles. The number of fused-ring (bicyclic) bond motifs is 1. The number of aryl methyl sites for hydroxylation is 2. The van der Waals surface area contributed by atoms with E-state index in [1.165, 1.54) is 40.8 Å². The predicted octanol–water partition coefficient (Wildman–Crippen LogP) is 3.41. The predicted molar refractivity (Wildman–Crippen MR) is 84.9 cm³/mol. The van der Waals surface area contributed by atoms with Gasteiger partial charge in [0.25, 0.3) is 0 Å². The summed E-state index contributed by atoms with van der Waals surface area (Å²) in [5.74, 6) is 0. The van der Waals surface area contributed by atoms with E-state index in [4.69, 9.17) is 5.73 Å². The Balaban J connectivity index is 2.00. The highest BCUT2D eigenvalue weighted by atomic mass is 15.1. The number of benzene rings is 2. The van der Waals surface area contributed by atoms with Gasteiger partial charge >= 0.3 is 0 Å². The average Bonchev–Trinajstić information content (AvgIpc) is 2.68. The number of nitrogens with two attached hydrogens (primary N) is 1. The summed E-state index contributed by atoms with van der Waals surface area (Å²) in [7, 11) is 0. The van der Waals surface area contributed by atoms with Gasteiger partial charge in [0.1, 0.15) is 0 Å². The molecular weight excluding hydrogens is 244 g/mol. The molecule has 2 nitrogen and oxygen atoms in total. The fourth-order valence-corrected chi connectivity index (χ4v) is 3.23. The van der Waals surface area contributed by atoms with Gasteiger partial charge in [0.05, 0.1) is 0 Å². The molecule has 2 aromatic carbocycles. The molecule has 0 unspecified atom stereocenters. The van der Waals surface area contributed by atoms with Gasteiger partial charge in [0.15, 0.2) is 0 Å². The molecular formula is C18H22N2. The van der Waals surface area contributed by atoms with Crippen LogP contribution in [0.2, 0.25) is 0 Å². The van der Waals surface area contributed by atoms with Crippen LogP contribution in [0.1, 0.15) is 28.7 Å². The van der Waals surface area contributed by atoms with E-state index in [0.717, 1.165) is 13.1 Å². The van der Waals surface area contributed by atoms with Gasteiger partial charge in [-0.1, -0.05) is 42.5 Å². The third-order valence-corrected chi connectivity index (χ3v) is 4.21. The molecule has 0 aromatic heterocycles. The molecule has 1 aliphatic heterocycles. The summed E-state index contributed by atoms with van der Waals surface area (Å²) in [4.78, 5) is 2.50. The molecule has 2 heteroatoms. The molecule has 0 aliphatic carbocycles. The highest BCUT2D eigenvalue weighted by Crippen LogP contribution is 2.29. The van der Waals surface area contributed by atoms with E-state index in [1.807, 2.05) is 0 Å². The lowest BCUT2D eigenvalue weighted by Gasteiger charge is -2.27. The second-order valence-electron chi connectivity index (χ2n) is 5.58. The zero-order valence-corrected chi connectivity index (χ0v) is 12.1. The average molecular weight is 266 g/mol. The SMILES string of the molecule is Cc1cccc(CN)c1N1CCCc2ccccc2C1. The molecule has 0 bridgehead atoms. The van der Waals surface area contributed by atoms with Gasteiger partial charge < -0.3 is 10.6 Å². The van der Waals surface area contributed by atoms with Crippen LogP contribution in [0.15, 0.2) is 42.5 Å². The summed E-state index contributed by atoms with van der Waals surface area (Å²) in [5, 5.41) is 0. The van der Waals surface area contributed by atoms with Crippen molar-refractivity contribution in [1.82, 2.24) is 0 Å². The van der Waals surface area contributed by atoms with Crippen LogP contribution in [0.4, 0.5) is 5.69 Å². The topological polar surface area (TPSA) is 29.3 Å². The third-order valence-electron chi connectivity index (χ3n) is 4.21. The molecule has 0 amide bonds. The molecule has 0 radical (unpaired) electrons. The number of nitrogens with zero attached hydrogens (tertiary/aromatic N) is 1. The van der Waals surface area contributed by atoms with E-state index in [-0.39, 0.29) is 0 Å². The molecule has 0 saturated heterocycles. The van der Waals surface area contributed by atoms with E-state index in [1.54, 1.807) is 0 Å². The molecule has 1 aliphatic rings. The van der Waals surface area contributed by atoms with Gasteiger partial charge in [-0.3, -0.25) is 0 Å². The van der Waals surface area contributed by atoms with Crippen molar-refractivity contribution in [3.8, 4) is 0 Å². The van der Waals surface area contributed by atoms with Gasteiger partial charge in [-0.25, -0.2) is 0 Å². The third kappa shape index (κ3) is 2.44. The first-order chi connectivity index (χ1) is 9.79. The lowest BCUT2D eigenvalue weighted by molar-refractivity contribution is 0.758. The number of hydrogen-bond donors (Lipinski definition) is 1. The van der Waals surface area contributed by atoms with E-state index in [0.29, 0.717) is 6.54 Å². The molecule has 1 heterocycles. The van der Waals surface area contributed by atoms with Crippen LogP contribution in [0.25, 0.3) is 0 Å². The van der Waals surface area contributed by atoms with Crippen molar-refractivity contribution in [2.45, 2.75) is 32.9 Å². The molecule has 0 fully saturated rings. The van der Waals surface area contributed by atoms with Crippen LogP contribution >= 0.6 is 0 Å². The lowest BCUT2D eigenvalue weighted by atomic mass is 10.0. The minimum absolute atomic E-state index is 0.606. The van der Waals surface area contributed by atoms with Crippen molar-refractivity contribution >= 4 is 5.69 Å². The number of para-hydroxylation sites is 1. The first-order valence-corrected chi connectivity index (χ1v) is 7.40. The van der Waals surface area contributed by atoms with Crippen molar-refractivity contribution < 1.29 is 0 Å². The van der Waals surface area contributed by atoms with Crippen molar-refractivity contribution in [2.24, 2.45) is 5.73 Å². The van der Waals surface area contributed by atoms with Crippen LogP contribution in [0.3, 0.4) is 0 Å². The minimum Gasteiger partial charge on any atom is -0.367 e. The van der Waals surface area contributed by atoms with Gasteiger partial charge in [-0.2, -0.15) is 0 Å². The molecule has 2 N–H and O–H groups in total. The molecule has 3 rings (SSSR count). The zero-order valence-electron chi connectivity index (χ0n) is 12.1. The van der Waals surface area contributed by atoms with Gasteiger partial charge in [-0.15, -0.1) is 0 Å². The zero-order chi connectivity index (χ0) is 13.9. The van der Waals surface area contributed by atoms with Gasteiger partial charge in [0.2, 0.25) is 0 Å². The Morgan fingerprint density at radius 3 is 2.65 bits per heavy atom. The summed E-state index contributed by atoms with van der Waals surface area (Å²) in [6, 6.07) is 15.3. The largest absolute Gasteiger partial charge is 0.367 e. The van der Waals surface area contributed by atoms with Crippen molar-refractivity contribution in [3.05, 3.63) is 64.7 Å². The number of anilines is 1. The smallest absolute Gasteiger partial charge is 0.0444 e. The van der Waals surface area contributed by atoms with E-state index < -0.39 is 0 Å². The van der Waals surface area contributed by atoms with Crippen molar-refractivity contribution in [1.29, 1.82) is 0 Å². The van der Waals surface area contributed by atoms with Crippen molar-refractivity contribution in [2.75, 3.05) is 11.4 Å². The van der Waals surface area contributed by atoms with E-state index in [9.17, 15) is 0 Å². The monoisotopic (exact) mass is 266 g/mol. The summed E-state index contributed by atoms with van der Waals surface area (Å²) in [5.41, 5.74) is 12.8. The number of rotatable bonds is 2. The lowest BCUT2D eigenvalue weighted by Crippen LogP contribution is -2.25. The fraction of sp³-hybridized carbons (Fsp3) is 0.333. The maximum absolute atomic E-state index is 5.93. The van der Waals surface area contributed by atoms with Crippen LogP contribution in [0, 0.1) is 6.92 Å². The van der Waals surface area contributed by atoms with Crippen molar-refractivity contribution in [3.63, 3.8) is 0 Å². The standard InChI is InChI=1S/C18H22N2/c1-14-6-4-9-16(12-19)18(14)20-11-5-10-15-7-2-3-8-17(15)13-20/h2-4,6-9H,5,10-13,19H2,1H3. The Hall–Kier alpha value is -1.80. The van der Waals surface area contributed by atoms with Gasteiger partial charge in [0, 0.05) is 25.3 Å². The molecule has 20 heavy (non-hydrogen) atoms. The summed E-state index contributed by atoms with van der Waals surface area (Å²) < 4.78 is 0. The minimum atomic E-state index is 0.606. The Morgan fingerprint density at radius 1 is 1.05 bits per heavy atom. The van der Waals surface area contributed by atoms with Crippen LogP contribution < -0.4 is 10.6 Å². The second-order valence-corrected chi connectivity index (χ2v) is 5.58. The quantitative estimate of drug-likeness (QED) is 0.902. The summed E-state index contributed by atoms with van der Waals surface area (Å²) in [6.07, 6.45) is 2.38. The Morgan fingerprint density at radius 2 is 1.85 bits per heavy atom. The summed E-state index contributed by atoms with van der Waals surface area (Å²) in [6.45, 7) is 4.89. The van der Waals surface area contributed by atoms with E-state index in [2.05, 4.69) is 54.3 Å². The van der Waals surface area contributed by atoms with E-state index >= 15 is 0 Å². The summed E-state index contributed by atoms with van der Waals surface area (Å²) >= 11 is 0. The Kier molecular flexibility index (Phi) is 3.75. The first kappa shape index (κ1) is 13.2.